The van der Waals surface area contributed by atoms with E-state index in [4.69, 9.17) is 0 Å². The Morgan fingerprint density at radius 1 is 1.24 bits per heavy atom. The van der Waals surface area contributed by atoms with E-state index >= 15 is 0 Å². The Hall–Kier alpha value is -1.16. The fourth-order valence-corrected chi connectivity index (χ4v) is 4.70. The molecule has 0 bridgehead atoms. The van der Waals surface area contributed by atoms with Crippen LogP contribution in [-0.4, -0.2) is 39.6 Å². The predicted octanol–water partition coefficient (Wildman–Crippen LogP) is 2.47. The summed E-state index contributed by atoms with van der Waals surface area (Å²) in [5, 5.41) is 0. The molecule has 1 saturated heterocycles. The average molecular weight is 305 g/mol. The Kier molecular flexibility index (Phi) is 4.16. The van der Waals surface area contributed by atoms with E-state index in [0.717, 1.165) is 30.8 Å². The molecule has 0 aromatic heterocycles. The van der Waals surface area contributed by atoms with Gasteiger partial charge >= 0.3 is 0 Å². The van der Waals surface area contributed by atoms with Crippen LogP contribution in [0.2, 0.25) is 0 Å². The van der Waals surface area contributed by atoms with Crippen LogP contribution in [0.5, 0.6) is 0 Å². The molecule has 1 aromatic carbocycles. The first-order valence-electron chi connectivity index (χ1n) is 7.75. The van der Waals surface area contributed by atoms with Crippen molar-refractivity contribution < 1.29 is 9.00 Å². The quantitative estimate of drug-likeness (QED) is 0.860. The maximum Gasteiger partial charge on any atom is 0.226 e. The van der Waals surface area contributed by atoms with E-state index < -0.39 is 10.8 Å². The lowest BCUT2D eigenvalue weighted by Gasteiger charge is -2.31. The third kappa shape index (κ3) is 3.05. The molecule has 0 unspecified atom stereocenters. The summed E-state index contributed by atoms with van der Waals surface area (Å²) in [5.74, 6) is 2.32. The lowest BCUT2D eigenvalue weighted by Crippen LogP contribution is -2.42. The van der Waals surface area contributed by atoms with Crippen LogP contribution in [0.3, 0.4) is 0 Å². The highest BCUT2D eigenvalue weighted by molar-refractivity contribution is 7.85. The molecule has 3 nitrogen and oxygen atoms in total. The molecular formula is C17H23NO2S. The molecule has 21 heavy (non-hydrogen) atoms. The second-order valence-electron chi connectivity index (χ2n) is 6.33. The van der Waals surface area contributed by atoms with Crippen molar-refractivity contribution in [1.82, 2.24) is 4.90 Å². The Bertz CT molecular complexity index is 562. The number of hydrogen-bond donors (Lipinski definition) is 0. The predicted molar refractivity (Wildman–Crippen MR) is 85.7 cm³/mol. The third-order valence-electron chi connectivity index (χ3n) is 4.95. The topological polar surface area (TPSA) is 37.4 Å². The van der Waals surface area contributed by atoms with Gasteiger partial charge in [0.1, 0.15) is 0 Å². The van der Waals surface area contributed by atoms with Gasteiger partial charge < -0.3 is 4.90 Å². The van der Waals surface area contributed by atoms with Crippen LogP contribution in [-0.2, 0) is 15.6 Å². The molecule has 0 radical (unpaired) electrons. The number of carbonyl (C=O) groups is 1. The molecule has 0 N–H and O–H groups in total. The fraction of sp³-hybridized carbons (Fsp3) is 0.588. The molecule has 1 heterocycles. The second kappa shape index (κ2) is 5.91. The van der Waals surface area contributed by atoms with Gasteiger partial charge in [0, 0.05) is 41.3 Å². The molecule has 1 amide bonds. The van der Waals surface area contributed by atoms with E-state index in [1.807, 2.05) is 18.0 Å². The van der Waals surface area contributed by atoms with Crippen LogP contribution >= 0.6 is 0 Å². The van der Waals surface area contributed by atoms with Gasteiger partial charge in [-0.05, 0) is 43.2 Å². The van der Waals surface area contributed by atoms with Crippen molar-refractivity contribution in [3.63, 3.8) is 0 Å². The summed E-state index contributed by atoms with van der Waals surface area (Å²) >= 11 is 0. The van der Waals surface area contributed by atoms with Gasteiger partial charge in [-0.2, -0.15) is 0 Å². The summed E-state index contributed by atoms with van der Waals surface area (Å²) in [7, 11) is 1.26. The van der Waals surface area contributed by atoms with Gasteiger partial charge in [-0.25, -0.2) is 0 Å². The minimum Gasteiger partial charge on any atom is -0.342 e. The highest BCUT2D eigenvalue weighted by Gasteiger charge is 2.46. The molecule has 1 aliphatic heterocycles. The number of nitrogens with zero attached hydrogens (tertiary/aromatic N) is 1. The van der Waals surface area contributed by atoms with E-state index in [1.165, 1.54) is 11.1 Å². The molecule has 114 valence electrons. The molecule has 1 saturated carbocycles. The van der Waals surface area contributed by atoms with Crippen LogP contribution in [0.25, 0.3) is 0 Å². The van der Waals surface area contributed by atoms with E-state index in [2.05, 4.69) is 25.1 Å². The van der Waals surface area contributed by atoms with Gasteiger partial charge in [0.25, 0.3) is 0 Å². The van der Waals surface area contributed by atoms with Crippen LogP contribution in [0.15, 0.2) is 24.3 Å². The van der Waals surface area contributed by atoms with Crippen molar-refractivity contribution in [1.29, 1.82) is 0 Å². The number of hydrogen-bond acceptors (Lipinski definition) is 2. The fourth-order valence-electron chi connectivity index (χ4n) is 3.42. The highest BCUT2D eigenvalue weighted by Crippen LogP contribution is 2.49. The van der Waals surface area contributed by atoms with E-state index in [-0.39, 0.29) is 17.9 Å². The molecule has 1 aromatic rings. The molecule has 4 heteroatoms. The first kappa shape index (κ1) is 14.8. The van der Waals surface area contributed by atoms with E-state index in [1.54, 1.807) is 0 Å². The number of rotatable bonds is 3. The lowest BCUT2D eigenvalue weighted by atomic mass is 10.0. The van der Waals surface area contributed by atoms with Crippen LogP contribution in [0.1, 0.15) is 36.3 Å². The molecule has 2 aliphatic rings. The normalized spacial score (nSPS) is 31.7. The second-order valence-corrected chi connectivity index (χ2v) is 8.03. The van der Waals surface area contributed by atoms with Gasteiger partial charge in [-0.15, -0.1) is 0 Å². The first-order chi connectivity index (χ1) is 10.1. The van der Waals surface area contributed by atoms with Gasteiger partial charge in [0.05, 0.1) is 0 Å². The Labute approximate surface area is 129 Å². The molecule has 1 aliphatic carbocycles. The lowest BCUT2D eigenvalue weighted by molar-refractivity contribution is -0.133. The van der Waals surface area contributed by atoms with Crippen LogP contribution in [0.4, 0.5) is 0 Å². The van der Waals surface area contributed by atoms with Crippen LogP contribution < -0.4 is 0 Å². The summed E-state index contributed by atoms with van der Waals surface area (Å²) in [6.45, 7) is 2.12. The molecule has 3 rings (SSSR count). The summed E-state index contributed by atoms with van der Waals surface area (Å²) < 4.78 is 11.4. The Balaban J connectivity index is 1.62. The van der Waals surface area contributed by atoms with Gasteiger partial charge in [0.15, 0.2) is 0 Å². The van der Waals surface area contributed by atoms with Crippen molar-refractivity contribution in [3.05, 3.63) is 35.4 Å². The SMILES string of the molecule is Cc1ccccc1[C@@H]1C[C@@H]1C(=O)N(C)C1CCS(=O)CC1. The van der Waals surface area contributed by atoms with Crippen molar-refractivity contribution in [2.75, 3.05) is 18.6 Å². The van der Waals surface area contributed by atoms with Gasteiger partial charge in [-0.1, -0.05) is 24.3 Å². The summed E-state index contributed by atoms with van der Waals surface area (Å²) in [6.07, 6.45) is 2.75. The van der Waals surface area contributed by atoms with Gasteiger partial charge in [0.2, 0.25) is 5.91 Å². The zero-order valence-corrected chi connectivity index (χ0v) is 13.6. The van der Waals surface area contributed by atoms with Gasteiger partial charge in [-0.3, -0.25) is 9.00 Å². The number of benzene rings is 1. The summed E-state index contributed by atoms with van der Waals surface area (Å²) in [4.78, 5) is 14.6. The van der Waals surface area contributed by atoms with Crippen molar-refractivity contribution >= 4 is 16.7 Å². The maximum atomic E-state index is 12.6. The Morgan fingerprint density at radius 3 is 2.57 bits per heavy atom. The Morgan fingerprint density at radius 2 is 1.90 bits per heavy atom. The van der Waals surface area contributed by atoms with E-state index in [0.29, 0.717) is 5.92 Å². The van der Waals surface area contributed by atoms with Crippen LogP contribution in [0, 0.1) is 12.8 Å². The molecule has 2 fully saturated rings. The standard InChI is InChI=1S/C17H23NO2S/c1-12-5-3-4-6-14(12)15-11-16(15)17(19)18(2)13-7-9-21(20)10-8-13/h3-6,13,15-16H,7-11H2,1-2H3/t13?,15-,16-,21?/m0/s1. The molecule has 2 atom stereocenters. The first-order valence-corrected chi connectivity index (χ1v) is 9.24. The van der Waals surface area contributed by atoms with E-state index in [9.17, 15) is 9.00 Å². The minimum absolute atomic E-state index is 0.156. The largest absolute Gasteiger partial charge is 0.342 e. The maximum absolute atomic E-state index is 12.6. The molecule has 0 spiro atoms. The zero-order valence-electron chi connectivity index (χ0n) is 12.7. The number of carbonyl (C=O) groups excluding carboxylic acids is 1. The summed E-state index contributed by atoms with van der Waals surface area (Å²) in [6, 6.07) is 8.66. The van der Waals surface area contributed by atoms with Crippen molar-refractivity contribution in [2.45, 2.75) is 38.1 Å². The third-order valence-corrected chi connectivity index (χ3v) is 6.33. The van der Waals surface area contributed by atoms with Crippen molar-refractivity contribution in [2.24, 2.45) is 5.92 Å². The number of amides is 1. The average Bonchev–Trinajstić information content (AvgIpc) is 3.27. The number of aryl methyl sites for hydroxylation is 1. The minimum atomic E-state index is -0.663. The highest BCUT2D eigenvalue weighted by atomic mass is 32.2. The van der Waals surface area contributed by atoms with Crippen molar-refractivity contribution in [3.8, 4) is 0 Å². The smallest absolute Gasteiger partial charge is 0.226 e. The monoisotopic (exact) mass is 305 g/mol. The summed E-state index contributed by atoms with van der Waals surface area (Å²) in [5.41, 5.74) is 2.61. The molecular weight excluding hydrogens is 282 g/mol. The zero-order chi connectivity index (χ0) is 15.0.